The van der Waals surface area contributed by atoms with Gasteiger partial charge in [0.05, 0.1) is 0 Å². The van der Waals surface area contributed by atoms with Crippen LogP contribution in [0.4, 0.5) is 5.69 Å². The molecule has 118 valence electrons. The third kappa shape index (κ3) is 4.60. The summed E-state index contributed by atoms with van der Waals surface area (Å²) in [6.07, 6.45) is 1.29. The van der Waals surface area contributed by atoms with Crippen molar-refractivity contribution in [3.05, 3.63) is 28.8 Å². The van der Waals surface area contributed by atoms with Gasteiger partial charge in [-0.2, -0.15) is 0 Å². The molecule has 1 aliphatic rings. The number of anilines is 1. The fourth-order valence-electron chi connectivity index (χ4n) is 3.05. The maximum Gasteiger partial charge on any atom is 0.0471 e. The third-order valence-corrected chi connectivity index (χ3v) is 4.57. The van der Waals surface area contributed by atoms with Crippen LogP contribution in [0.25, 0.3) is 0 Å². The van der Waals surface area contributed by atoms with Crippen molar-refractivity contribution in [1.29, 1.82) is 0 Å². The van der Waals surface area contributed by atoms with E-state index in [0.717, 1.165) is 24.0 Å². The van der Waals surface area contributed by atoms with Gasteiger partial charge in [0.1, 0.15) is 0 Å². The highest BCUT2D eigenvalue weighted by atomic mass is 35.5. The SMILES string of the molecule is CC(C)NCc1c(Cl)cccc1N(C)CC1CCN(C)C1. The largest absolute Gasteiger partial charge is 0.374 e. The Kier molecular flexibility index (Phi) is 5.91. The number of nitrogens with zero attached hydrogens (tertiary/aromatic N) is 2. The standard InChI is InChI=1S/C17H28ClN3/c1-13(2)19-10-15-16(18)6-5-7-17(15)21(4)12-14-8-9-20(3)11-14/h5-7,13-14,19H,8-12H2,1-4H3. The molecule has 2 rings (SSSR count). The summed E-state index contributed by atoms with van der Waals surface area (Å²) in [5.74, 6) is 0.755. The molecule has 0 aromatic heterocycles. The zero-order valence-corrected chi connectivity index (χ0v) is 14.5. The van der Waals surface area contributed by atoms with Gasteiger partial charge in [-0.15, -0.1) is 0 Å². The van der Waals surface area contributed by atoms with E-state index in [0.29, 0.717) is 6.04 Å². The molecular weight excluding hydrogens is 282 g/mol. The second-order valence-corrected chi connectivity index (χ2v) is 6.98. The van der Waals surface area contributed by atoms with Crippen LogP contribution in [0.5, 0.6) is 0 Å². The Morgan fingerprint density at radius 1 is 1.43 bits per heavy atom. The van der Waals surface area contributed by atoms with Gasteiger partial charge < -0.3 is 15.1 Å². The smallest absolute Gasteiger partial charge is 0.0471 e. The highest BCUT2D eigenvalue weighted by Crippen LogP contribution is 2.28. The Morgan fingerprint density at radius 2 is 2.19 bits per heavy atom. The van der Waals surface area contributed by atoms with Crippen LogP contribution in [0.15, 0.2) is 18.2 Å². The Hall–Kier alpha value is -0.770. The van der Waals surface area contributed by atoms with E-state index in [2.05, 4.69) is 49.1 Å². The molecule has 0 amide bonds. The average molecular weight is 310 g/mol. The second kappa shape index (κ2) is 7.48. The van der Waals surface area contributed by atoms with Gasteiger partial charge in [0.15, 0.2) is 0 Å². The molecule has 3 nitrogen and oxygen atoms in total. The molecule has 1 N–H and O–H groups in total. The Bertz CT molecular complexity index is 461. The van der Waals surface area contributed by atoms with Crippen LogP contribution in [-0.4, -0.2) is 44.7 Å². The van der Waals surface area contributed by atoms with E-state index in [4.69, 9.17) is 11.6 Å². The van der Waals surface area contributed by atoms with E-state index in [-0.39, 0.29) is 0 Å². The molecule has 1 atom stereocenters. The summed E-state index contributed by atoms with van der Waals surface area (Å²) in [7, 11) is 4.39. The quantitative estimate of drug-likeness (QED) is 0.870. The summed E-state index contributed by atoms with van der Waals surface area (Å²) >= 11 is 6.42. The molecule has 21 heavy (non-hydrogen) atoms. The molecule has 1 aromatic carbocycles. The summed E-state index contributed by atoms with van der Waals surface area (Å²) in [6, 6.07) is 6.68. The van der Waals surface area contributed by atoms with Crippen molar-refractivity contribution < 1.29 is 0 Å². The normalized spacial score (nSPS) is 19.4. The van der Waals surface area contributed by atoms with Gasteiger partial charge >= 0.3 is 0 Å². The van der Waals surface area contributed by atoms with E-state index in [1.54, 1.807) is 0 Å². The topological polar surface area (TPSA) is 18.5 Å². The summed E-state index contributed by atoms with van der Waals surface area (Å²) in [6.45, 7) is 8.66. The van der Waals surface area contributed by atoms with Gasteiger partial charge in [-0.1, -0.05) is 31.5 Å². The van der Waals surface area contributed by atoms with Gasteiger partial charge in [-0.05, 0) is 38.1 Å². The number of rotatable bonds is 6. The molecule has 1 aromatic rings. The number of hydrogen-bond acceptors (Lipinski definition) is 3. The van der Waals surface area contributed by atoms with Crippen LogP contribution in [-0.2, 0) is 6.54 Å². The molecule has 0 radical (unpaired) electrons. The van der Waals surface area contributed by atoms with Crippen LogP contribution < -0.4 is 10.2 Å². The predicted molar refractivity (Wildman–Crippen MR) is 92.3 cm³/mol. The summed E-state index contributed by atoms with van der Waals surface area (Å²) in [5, 5.41) is 4.34. The van der Waals surface area contributed by atoms with E-state index in [9.17, 15) is 0 Å². The molecule has 1 aliphatic heterocycles. The number of likely N-dealkylation sites (tertiary alicyclic amines) is 1. The minimum Gasteiger partial charge on any atom is -0.374 e. The first-order chi connectivity index (χ1) is 9.97. The van der Waals surface area contributed by atoms with Gasteiger partial charge in [-0.25, -0.2) is 0 Å². The van der Waals surface area contributed by atoms with Gasteiger partial charge in [0.25, 0.3) is 0 Å². The Labute approximate surface area is 134 Å². The minimum atomic E-state index is 0.461. The lowest BCUT2D eigenvalue weighted by atomic mass is 10.1. The van der Waals surface area contributed by atoms with Crippen molar-refractivity contribution >= 4 is 17.3 Å². The van der Waals surface area contributed by atoms with Crippen LogP contribution in [0, 0.1) is 5.92 Å². The molecule has 1 fully saturated rings. The summed E-state index contributed by atoms with van der Waals surface area (Å²) in [5.41, 5.74) is 2.46. The fourth-order valence-corrected chi connectivity index (χ4v) is 3.28. The number of nitrogens with one attached hydrogen (secondary N) is 1. The molecule has 0 saturated carbocycles. The minimum absolute atomic E-state index is 0.461. The Morgan fingerprint density at radius 3 is 2.81 bits per heavy atom. The van der Waals surface area contributed by atoms with Gasteiger partial charge in [-0.3, -0.25) is 0 Å². The maximum atomic E-state index is 6.42. The first-order valence-corrected chi connectivity index (χ1v) is 8.25. The number of benzene rings is 1. The summed E-state index contributed by atoms with van der Waals surface area (Å²) < 4.78 is 0. The van der Waals surface area contributed by atoms with E-state index in [1.807, 2.05) is 12.1 Å². The highest BCUT2D eigenvalue weighted by Gasteiger charge is 2.22. The molecule has 0 bridgehead atoms. The monoisotopic (exact) mass is 309 g/mol. The summed E-state index contributed by atoms with van der Waals surface area (Å²) in [4.78, 5) is 4.78. The van der Waals surface area contributed by atoms with E-state index in [1.165, 1.54) is 30.8 Å². The van der Waals surface area contributed by atoms with Crippen LogP contribution in [0.2, 0.25) is 5.02 Å². The first-order valence-electron chi connectivity index (χ1n) is 7.87. The zero-order chi connectivity index (χ0) is 15.4. The molecule has 1 heterocycles. The van der Waals surface area contributed by atoms with E-state index < -0.39 is 0 Å². The van der Waals surface area contributed by atoms with Crippen molar-refractivity contribution in [3.63, 3.8) is 0 Å². The fraction of sp³-hybridized carbons (Fsp3) is 0.647. The molecule has 4 heteroatoms. The third-order valence-electron chi connectivity index (χ3n) is 4.21. The first kappa shape index (κ1) is 16.6. The molecule has 1 unspecified atom stereocenters. The van der Waals surface area contributed by atoms with Crippen molar-refractivity contribution in [2.24, 2.45) is 5.92 Å². The van der Waals surface area contributed by atoms with E-state index >= 15 is 0 Å². The molecule has 0 spiro atoms. The average Bonchev–Trinajstić information content (AvgIpc) is 2.82. The second-order valence-electron chi connectivity index (χ2n) is 6.57. The van der Waals surface area contributed by atoms with Crippen LogP contribution in [0.3, 0.4) is 0 Å². The molecular formula is C17H28ClN3. The predicted octanol–water partition coefficient (Wildman–Crippen LogP) is 3.23. The van der Waals surface area contributed by atoms with Crippen LogP contribution >= 0.6 is 11.6 Å². The number of hydrogen-bond donors (Lipinski definition) is 1. The molecule has 1 saturated heterocycles. The lowest BCUT2D eigenvalue weighted by molar-refractivity contribution is 0.396. The Balaban J connectivity index is 2.08. The van der Waals surface area contributed by atoms with Crippen molar-refractivity contribution in [2.75, 3.05) is 38.6 Å². The zero-order valence-electron chi connectivity index (χ0n) is 13.7. The highest BCUT2D eigenvalue weighted by molar-refractivity contribution is 6.31. The van der Waals surface area contributed by atoms with Crippen molar-refractivity contribution in [2.45, 2.75) is 32.9 Å². The lowest BCUT2D eigenvalue weighted by Gasteiger charge is -2.26. The molecule has 0 aliphatic carbocycles. The van der Waals surface area contributed by atoms with Crippen LogP contribution in [0.1, 0.15) is 25.8 Å². The van der Waals surface area contributed by atoms with Gasteiger partial charge in [0, 0.05) is 49.0 Å². The van der Waals surface area contributed by atoms with Gasteiger partial charge in [0.2, 0.25) is 0 Å². The maximum absolute atomic E-state index is 6.42. The van der Waals surface area contributed by atoms with Crippen molar-refractivity contribution in [3.8, 4) is 0 Å². The lowest BCUT2D eigenvalue weighted by Crippen LogP contribution is -2.29. The number of halogens is 1. The van der Waals surface area contributed by atoms with Crippen molar-refractivity contribution in [1.82, 2.24) is 10.2 Å².